The van der Waals surface area contributed by atoms with Crippen LogP contribution < -0.4 is 5.32 Å². The quantitative estimate of drug-likeness (QED) is 0.748. The lowest BCUT2D eigenvalue weighted by molar-refractivity contribution is 0.709. The smallest absolute Gasteiger partial charge is 0.0457 e. The van der Waals surface area contributed by atoms with Gasteiger partial charge in [-0.2, -0.15) is 0 Å². The van der Waals surface area contributed by atoms with Gasteiger partial charge < -0.3 is 10.3 Å². The summed E-state index contributed by atoms with van der Waals surface area (Å²) in [7, 11) is 1.98. The fourth-order valence-electron chi connectivity index (χ4n) is 2.58. The van der Waals surface area contributed by atoms with Crippen LogP contribution in [0.15, 0.2) is 55.0 Å². The first kappa shape index (κ1) is 11.9. The summed E-state index contributed by atoms with van der Waals surface area (Å²) < 4.78 is 0. The zero-order valence-corrected chi connectivity index (χ0v) is 10.9. The third kappa shape index (κ3) is 2.25. The van der Waals surface area contributed by atoms with E-state index in [-0.39, 0.29) is 0 Å². The van der Waals surface area contributed by atoms with Crippen LogP contribution in [0.5, 0.6) is 0 Å². The van der Waals surface area contributed by atoms with Gasteiger partial charge in [-0.25, -0.2) is 0 Å². The Morgan fingerprint density at radius 2 is 2.11 bits per heavy atom. The first-order valence-electron chi connectivity index (χ1n) is 6.50. The first-order valence-corrected chi connectivity index (χ1v) is 6.50. The Morgan fingerprint density at radius 3 is 2.89 bits per heavy atom. The Bertz CT molecular complexity index is 658. The van der Waals surface area contributed by atoms with Crippen molar-refractivity contribution in [3.05, 3.63) is 66.1 Å². The molecule has 19 heavy (non-hydrogen) atoms. The van der Waals surface area contributed by atoms with Gasteiger partial charge in [-0.3, -0.25) is 4.98 Å². The summed E-state index contributed by atoms with van der Waals surface area (Å²) in [5.41, 5.74) is 3.74. The minimum atomic E-state index is 0.315. The van der Waals surface area contributed by atoms with Crippen molar-refractivity contribution in [3.63, 3.8) is 0 Å². The van der Waals surface area contributed by atoms with Crippen molar-refractivity contribution in [2.75, 3.05) is 13.6 Å². The van der Waals surface area contributed by atoms with Crippen LogP contribution >= 0.6 is 0 Å². The predicted octanol–water partition coefficient (Wildman–Crippen LogP) is 2.91. The third-order valence-electron chi connectivity index (χ3n) is 3.49. The van der Waals surface area contributed by atoms with E-state index in [4.69, 9.17) is 0 Å². The molecule has 0 radical (unpaired) electrons. The molecule has 0 saturated carbocycles. The summed E-state index contributed by atoms with van der Waals surface area (Å²) in [4.78, 5) is 7.59. The van der Waals surface area contributed by atoms with E-state index in [1.54, 1.807) is 0 Å². The number of aromatic nitrogens is 2. The Hall–Kier alpha value is -2.13. The predicted molar refractivity (Wildman–Crippen MR) is 78.3 cm³/mol. The van der Waals surface area contributed by atoms with Crippen molar-refractivity contribution in [3.8, 4) is 0 Å². The average Bonchev–Trinajstić information content (AvgIpc) is 2.89. The Morgan fingerprint density at radius 1 is 1.21 bits per heavy atom. The highest BCUT2D eigenvalue weighted by Crippen LogP contribution is 2.29. The highest BCUT2D eigenvalue weighted by Gasteiger charge is 2.17. The number of nitrogens with zero attached hydrogens (tertiary/aromatic N) is 1. The van der Waals surface area contributed by atoms with Gasteiger partial charge in [0.15, 0.2) is 0 Å². The van der Waals surface area contributed by atoms with Crippen LogP contribution in [0.2, 0.25) is 0 Å². The highest BCUT2D eigenvalue weighted by molar-refractivity contribution is 5.84. The number of aromatic amines is 1. The number of rotatable bonds is 4. The van der Waals surface area contributed by atoms with Crippen LogP contribution in [0, 0.1) is 0 Å². The lowest BCUT2D eigenvalue weighted by Gasteiger charge is -2.16. The third-order valence-corrected chi connectivity index (χ3v) is 3.49. The fourth-order valence-corrected chi connectivity index (χ4v) is 2.58. The van der Waals surface area contributed by atoms with E-state index >= 15 is 0 Å². The van der Waals surface area contributed by atoms with Crippen molar-refractivity contribution in [1.29, 1.82) is 0 Å². The summed E-state index contributed by atoms with van der Waals surface area (Å²) >= 11 is 0. The van der Waals surface area contributed by atoms with E-state index in [1.165, 1.54) is 22.0 Å². The van der Waals surface area contributed by atoms with Crippen molar-refractivity contribution in [2.45, 2.75) is 5.92 Å². The second kappa shape index (κ2) is 5.24. The Balaban J connectivity index is 2.10. The zero-order valence-electron chi connectivity index (χ0n) is 10.9. The van der Waals surface area contributed by atoms with Crippen LogP contribution in [-0.2, 0) is 0 Å². The van der Waals surface area contributed by atoms with Crippen LogP contribution in [0.3, 0.4) is 0 Å². The van der Waals surface area contributed by atoms with Gasteiger partial charge in [0.1, 0.15) is 0 Å². The van der Waals surface area contributed by atoms with Gasteiger partial charge in [0, 0.05) is 42.0 Å². The molecule has 96 valence electrons. The van der Waals surface area contributed by atoms with Crippen molar-refractivity contribution < 1.29 is 0 Å². The topological polar surface area (TPSA) is 40.7 Å². The summed E-state index contributed by atoms with van der Waals surface area (Å²) in [5.74, 6) is 0.315. The van der Waals surface area contributed by atoms with Gasteiger partial charge in [-0.1, -0.05) is 24.3 Å². The molecule has 3 rings (SSSR count). The van der Waals surface area contributed by atoms with Gasteiger partial charge in [0.25, 0.3) is 0 Å². The lowest BCUT2D eigenvalue weighted by Crippen LogP contribution is -2.18. The molecule has 2 heterocycles. The molecule has 1 unspecified atom stereocenters. The number of hydrogen-bond donors (Lipinski definition) is 2. The monoisotopic (exact) mass is 251 g/mol. The molecular weight excluding hydrogens is 234 g/mol. The summed E-state index contributed by atoms with van der Waals surface area (Å²) in [6.45, 7) is 0.896. The van der Waals surface area contributed by atoms with E-state index < -0.39 is 0 Å². The van der Waals surface area contributed by atoms with Crippen LogP contribution in [0.1, 0.15) is 17.0 Å². The maximum absolute atomic E-state index is 4.24. The van der Waals surface area contributed by atoms with Crippen LogP contribution in [-0.4, -0.2) is 23.6 Å². The van der Waals surface area contributed by atoms with Gasteiger partial charge in [-0.15, -0.1) is 0 Å². The maximum Gasteiger partial charge on any atom is 0.0457 e. The summed E-state index contributed by atoms with van der Waals surface area (Å²) in [5, 5.41) is 4.56. The zero-order chi connectivity index (χ0) is 13.1. The molecule has 0 aliphatic heterocycles. The van der Waals surface area contributed by atoms with Crippen molar-refractivity contribution in [1.82, 2.24) is 15.3 Å². The number of pyridine rings is 1. The van der Waals surface area contributed by atoms with E-state index in [0.717, 1.165) is 6.54 Å². The molecule has 0 aliphatic rings. The molecule has 3 heteroatoms. The second-order valence-electron chi connectivity index (χ2n) is 4.69. The van der Waals surface area contributed by atoms with E-state index in [0.29, 0.717) is 5.92 Å². The summed E-state index contributed by atoms with van der Waals surface area (Å²) in [6, 6.07) is 12.5. The van der Waals surface area contributed by atoms with Gasteiger partial charge in [-0.05, 0) is 30.3 Å². The fraction of sp³-hybridized carbons (Fsp3) is 0.188. The molecule has 2 N–H and O–H groups in total. The van der Waals surface area contributed by atoms with Crippen LogP contribution in [0.25, 0.3) is 10.9 Å². The molecule has 0 bridgehead atoms. The average molecular weight is 251 g/mol. The summed E-state index contributed by atoms with van der Waals surface area (Å²) in [6.07, 6.45) is 5.87. The molecule has 2 aromatic heterocycles. The number of H-pyrrole nitrogens is 1. The maximum atomic E-state index is 4.24. The van der Waals surface area contributed by atoms with Gasteiger partial charge in [0.05, 0.1) is 0 Å². The number of para-hydroxylation sites is 1. The molecule has 3 aromatic rings. The Labute approximate surface area is 112 Å². The van der Waals surface area contributed by atoms with Crippen LogP contribution in [0.4, 0.5) is 0 Å². The molecule has 1 atom stereocenters. The molecule has 0 amide bonds. The SMILES string of the molecule is CNCC(c1cccnc1)c1c[nH]c2ccccc12. The van der Waals surface area contributed by atoms with Gasteiger partial charge in [0.2, 0.25) is 0 Å². The largest absolute Gasteiger partial charge is 0.361 e. The molecule has 1 aromatic carbocycles. The van der Waals surface area contributed by atoms with E-state index in [1.807, 2.05) is 25.5 Å². The number of likely N-dealkylation sites (N-methyl/N-ethyl adjacent to an activating group) is 1. The molecule has 0 aliphatic carbocycles. The van der Waals surface area contributed by atoms with E-state index in [2.05, 4.69) is 51.8 Å². The highest BCUT2D eigenvalue weighted by atomic mass is 14.8. The van der Waals surface area contributed by atoms with E-state index in [9.17, 15) is 0 Å². The van der Waals surface area contributed by atoms with Crippen molar-refractivity contribution >= 4 is 10.9 Å². The number of hydrogen-bond acceptors (Lipinski definition) is 2. The van der Waals surface area contributed by atoms with Gasteiger partial charge >= 0.3 is 0 Å². The normalized spacial score (nSPS) is 12.7. The molecule has 0 fully saturated rings. The minimum absolute atomic E-state index is 0.315. The second-order valence-corrected chi connectivity index (χ2v) is 4.69. The first-order chi connectivity index (χ1) is 9.40. The lowest BCUT2D eigenvalue weighted by atomic mass is 9.92. The molecule has 0 saturated heterocycles. The number of benzene rings is 1. The minimum Gasteiger partial charge on any atom is -0.361 e. The number of nitrogens with one attached hydrogen (secondary N) is 2. The molecule has 3 nitrogen and oxygen atoms in total. The molecular formula is C16H17N3. The standard InChI is InChI=1S/C16H17N3/c1-17-10-14(12-5-4-8-18-9-12)15-11-19-16-7-3-2-6-13(15)16/h2-9,11,14,17,19H,10H2,1H3. The van der Waals surface area contributed by atoms with Crippen molar-refractivity contribution in [2.24, 2.45) is 0 Å². The number of fused-ring (bicyclic) bond motifs is 1. The Kier molecular flexibility index (Phi) is 3.29. The molecule has 0 spiro atoms.